The molecule has 0 spiro atoms. The van der Waals surface area contributed by atoms with E-state index < -0.39 is 0 Å². The summed E-state index contributed by atoms with van der Waals surface area (Å²) < 4.78 is 7.68. The van der Waals surface area contributed by atoms with Crippen LogP contribution in [-0.2, 0) is 18.2 Å². The number of nitrogens with zero attached hydrogens (tertiary/aromatic N) is 2. The molecule has 0 amide bonds. The first-order chi connectivity index (χ1) is 8.75. The highest BCUT2D eigenvalue weighted by molar-refractivity contribution is 4.91. The van der Waals surface area contributed by atoms with Crippen LogP contribution in [0.3, 0.4) is 0 Å². The molecule has 0 aliphatic carbocycles. The molecule has 0 aromatic carbocycles. The zero-order valence-electron chi connectivity index (χ0n) is 11.2. The van der Waals surface area contributed by atoms with Gasteiger partial charge in [-0.15, -0.1) is 0 Å². The van der Waals surface area contributed by atoms with E-state index in [-0.39, 0.29) is 6.10 Å². The molecule has 102 valence electrons. The fourth-order valence-corrected chi connectivity index (χ4v) is 2.49. The van der Waals surface area contributed by atoms with Crippen LogP contribution in [-0.4, -0.2) is 33.5 Å². The second-order valence-electron chi connectivity index (χ2n) is 5.21. The van der Waals surface area contributed by atoms with E-state index in [0.717, 1.165) is 44.5 Å². The molecule has 1 fully saturated rings. The predicted octanol–water partition coefficient (Wildman–Crippen LogP) is 2.06. The third-order valence-electron chi connectivity index (χ3n) is 3.72. The Morgan fingerprint density at radius 1 is 1.50 bits per heavy atom. The predicted molar refractivity (Wildman–Crippen MR) is 70.4 cm³/mol. The van der Waals surface area contributed by atoms with Gasteiger partial charge in [0, 0.05) is 32.5 Å². The van der Waals surface area contributed by atoms with Crippen molar-refractivity contribution in [1.29, 1.82) is 0 Å². The van der Waals surface area contributed by atoms with Gasteiger partial charge in [0.1, 0.15) is 5.82 Å². The summed E-state index contributed by atoms with van der Waals surface area (Å²) in [5.74, 6) is 1.04. The van der Waals surface area contributed by atoms with Crippen LogP contribution in [0.4, 0.5) is 0 Å². The van der Waals surface area contributed by atoms with Gasteiger partial charge >= 0.3 is 0 Å². The monoisotopic (exact) mass is 252 g/mol. The van der Waals surface area contributed by atoms with Crippen LogP contribution < -0.4 is 0 Å². The summed E-state index contributed by atoms with van der Waals surface area (Å²) in [6, 6.07) is 0. The molecule has 1 N–H and O–H groups in total. The van der Waals surface area contributed by atoms with Crippen LogP contribution in [0.2, 0.25) is 0 Å². The molecule has 0 radical (unpaired) electrons. The minimum atomic E-state index is -0.229. The first-order valence-corrected chi connectivity index (χ1v) is 7.01. The number of aliphatic hydroxyl groups excluding tert-OH is 1. The smallest absolute Gasteiger partial charge is 0.108 e. The molecule has 1 saturated heterocycles. The number of aliphatic hydroxyl groups is 1. The normalized spacial score (nSPS) is 22.0. The molecule has 4 nitrogen and oxygen atoms in total. The van der Waals surface area contributed by atoms with Crippen molar-refractivity contribution in [2.24, 2.45) is 7.05 Å². The minimum absolute atomic E-state index is 0.229. The van der Waals surface area contributed by atoms with Crippen molar-refractivity contribution >= 4 is 0 Å². The maximum atomic E-state index is 9.98. The highest BCUT2D eigenvalue weighted by Crippen LogP contribution is 2.18. The molecule has 4 heteroatoms. The fraction of sp³-hybridized carbons (Fsp3) is 0.786. The third kappa shape index (κ3) is 4.10. The summed E-state index contributed by atoms with van der Waals surface area (Å²) in [4.78, 5) is 4.26. The molecule has 1 aliphatic heterocycles. The van der Waals surface area contributed by atoms with Crippen LogP contribution >= 0.6 is 0 Å². The van der Waals surface area contributed by atoms with E-state index >= 15 is 0 Å². The number of rotatable bonds is 6. The Morgan fingerprint density at radius 2 is 2.39 bits per heavy atom. The van der Waals surface area contributed by atoms with Gasteiger partial charge in [-0.05, 0) is 38.5 Å². The van der Waals surface area contributed by atoms with Gasteiger partial charge < -0.3 is 14.4 Å². The van der Waals surface area contributed by atoms with E-state index in [1.165, 1.54) is 12.8 Å². The van der Waals surface area contributed by atoms with Crippen molar-refractivity contribution in [3.63, 3.8) is 0 Å². The molecule has 0 saturated carbocycles. The lowest BCUT2D eigenvalue weighted by Crippen LogP contribution is -2.21. The number of hydrogen-bond acceptors (Lipinski definition) is 3. The maximum absolute atomic E-state index is 9.98. The number of ether oxygens (including phenoxy) is 1. The number of hydrogen-bond donors (Lipinski definition) is 1. The van der Waals surface area contributed by atoms with E-state index in [0.29, 0.717) is 6.10 Å². The van der Waals surface area contributed by atoms with E-state index in [1.54, 1.807) is 6.20 Å². The van der Waals surface area contributed by atoms with Crippen LogP contribution in [0.25, 0.3) is 0 Å². The largest absolute Gasteiger partial charge is 0.393 e. The van der Waals surface area contributed by atoms with E-state index in [1.807, 2.05) is 17.8 Å². The van der Waals surface area contributed by atoms with Gasteiger partial charge in [0.25, 0.3) is 0 Å². The Bertz CT molecular complexity index is 345. The summed E-state index contributed by atoms with van der Waals surface area (Å²) in [5, 5.41) is 9.98. The molecule has 2 rings (SSSR count). The molecule has 0 bridgehead atoms. The number of imidazole rings is 1. The molecule has 1 aromatic heterocycles. The van der Waals surface area contributed by atoms with Crippen LogP contribution in [0, 0.1) is 0 Å². The molecule has 1 aliphatic rings. The lowest BCUT2D eigenvalue weighted by atomic mass is 10.0. The SMILES string of the molecule is Cn1ccnc1CCC(O)CCC1CCCCO1. The molecule has 2 heterocycles. The number of aryl methyl sites for hydroxylation is 2. The molecular weight excluding hydrogens is 228 g/mol. The van der Waals surface area contributed by atoms with E-state index in [9.17, 15) is 5.11 Å². The van der Waals surface area contributed by atoms with Gasteiger partial charge in [0.15, 0.2) is 0 Å². The van der Waals surface area contributed by atoms with Crippen molar-refractivity contribution in [3.05, 3.63) is 18.2 Å². The second kappa shape index (κ2) is 6.90. The Morgan fingerprint density at radius 3 is 3.06 bits per heavy atom. The summed E-state index contributed by atoms with van der Waals surface area (Å²) in [6.07, 6.45) is 11.0. The quantitative estimate of drug-likeness (QED) is 0.843. The van der Waals surface area contributed by atoms with Gasteiger partial charge in [-0.2, -0.15) is 0 Å². The van der Waals surface area contributed by atoms with Gasteiger partial charge in [-0.1, -0.05) is 0 Å². The maximum Gasteiger partial charge on any atom is 0.108 e. The van der Waals surface area contributed by atoms with Crippen molar-refractivity contribution in [3.8, 4) is 0 Å². The van der Waals surface area contributed by atoms with E-state index in [2.05, 4.69) is 4.98 Å². The summed E-state index contributed by atoms with van der Waals surface area (Å²) >= 11 is 0. The molecule has 18 heavy (non-hydrogen) atoms. The lowest BCUT2D eigenvalue weighted by Gasteiger charge is -2.23. The molecular formula is C14H24N2O2. The second-order valence-corrected chi connectivity index (χ2v) is 5.21. The van der Waals surface area contributed by atoms with Crippen LogP contribution in [0.1, 0.15) is 44.3 Å². The molecule has 2 unspecified atom stereocenters. The topological polar surface area (TPSA) is 47.3 Å². The van der Waals surface area contributed by atoms with Crippen LogP contribution in [0.15, 0.2) is 12.4 Å². The summed E-state index contributed by atoms with van der Waals surface area (Å²) in [7, 11) is 1.99. The van der Waals surface area contributed by atoms with Gasteiger partial charge in [-0.25, -0.2) is 4.98 Å². The highest BCUT2D eigenvalue weighted by atomic mass is 16.5. The first-order valence-electron chi connectivity index (χ1n) is 7.01. The van der Waals surface area contributed by atoms with Crippen molar-refractivity contribution in [2.75, 3.05) is 6.61 Å². The minimum Gasteiger partial charge on any atom is -0.393 e. The summed E-state index contributed by atoms with van der Waals surface area (Å²) in [6.45, 7) is 0.897. The average Bonchev–Trinajstić information content (AvgIpc) is 2.81. The Kier molecular flexibility index (Phi) is 5.20. The first kappa shape index (κ1) is 13.6. The highest BCUT2D eigenvalue weighted by Gasteiger charge is 2.15. The van der Waals surface area contributed by atoms with Crippen molar-refractivity contribution in [1.82, 2.24) is 9.55 Å². The average molecular weight is 252 g/mol. The van der Waals surface area contributed by atoms with Gasteiger partial charge in [0.05, 0.1) is 12.2 Å². The molecule has 2 atom stereocenters. The zero-order valence-corrected chi connectivity index (χ0v) is 11.2. The molecule has 1 aromatic rings. The fourth-order valence-electron chi connectivity index (χ4n) is 2.49. The zero-order chi connectivity index (χ0) is 12.8. The Hall–Kier alpha value is -0.870. The number of aromatic nitrogens is 2. The Labute approximate surface area is 109 Å². The van der Waals surface area contributed by atoms with Crippen LogP contribution in [0.5, 0.6) is 0 Å². The van der Waals surface area contributed by atoms with Crippen molar-refractivity contribution in [2.45, 2.75) is 57.2 Å². The van der Waals surface area contributed by atoms with E-state index in [4.69, 9.17) is 4.74 Å². The van der Waals surface area contributed by atoms with Gasteiger partial charge in [0.2, 0.25) is 0 Å². The summed E-state index contributed by atoms with van der Waals surface area (Å²) in [5.41, 5.74) is 0. The standard InChI is InChI=1S/C14H24N2O2/c1-16-10-9-15-14(16)8-6-12(17)5-7-13-4-2-3-11-18-13/h9-10,12-13,17H,2-8,11H2,1H3. The van der Waals surface area contributed by atoms with Crippen molar-refractivity contribution < 1.29 is 9.84 Å². The third-order valence-corrected chi connectivity index (χ3v) is 3.72. The Balaban J connectivity index is 1.62. The lowest BCUT2D eigenvalue weighted by molar-refractivity contribution is 0.00174. The van der Waals surface area contributed by atoms with Gasteiger partial charge in [-0.3, -0.25) is 0 Å².